The normalized spacial score (nSPS) is 19.4. The van der Waals surface area contributed by atoms with Crippen molar-refractivity contribution in [1.29, 1.82) is 0 Å². The second-order valence-electron chi connectivity index (χ2n) is 6.44. The molecule has 0 atom stereocenters. The molecule has 1 fully saturated rings. The zero-order chi connectivity index (χ0) is 14.0. The predicted octanol–water partition coefficient (Wildman–Crippen LogP) is 4.24. The Labute approximate surface area is 121 Å². The van der Waals surface area contributed by atoms with Crippen LogP contribution in [0.3, 0.4) is 0 Å². The second kappa shape index (κ2) is 5.72. The number of halogens is 1. The number of rotatable bonds is 3. The molecular formula is C16H24ClNO. The van der Waals surface area contributed by atoms with Crippen molar-refractivity contribution in [1.82, 2.24) is 0 Å². The minimum atomic E-state index is 0.0401. The maximum atomic E-state index is 9.49. The molecule has 0 heterocycles. The Balaban J connectivity index is 2.14. The van der Waals surface area contributed by atoms with Crippen LogP contribution in [0.4, 0.5) is 5.69 Å². The minimum Gasteiger partial charge on any atom is -0.392 e. The topological polar surface area (TPSA) is 23.5 Å². The first kappa shape index (κ1) is 14.7. The average Bonchev–Trinajstić information content (AvgIpc) is 2.37. The van der Waals surface area contributed by atoms with Gasteiger partial charge in [-0.1, -0.05) is 25.4 Å². The zero-order valence-electron chi connectivity index (χ0n) is 12.1. The first-order chi connectivity index (χ1) is 8.93. The monoisotopic (exact) mass is 281 g/mol. The summed E-state index contributed by atoms with van der Waals surface area (Å²) in [6, 6.07) is 6.35. The Morgan fingerprint density at radius 3 is 2.53 bits per heavy atom. The maximum Gasteiger partial charge on any atom is 0.0702 e. The standard InChI is InChI=1S/C16H24ClNO/c1-16(2)8-6-14(7-9-16)18(3)15-5-4-13(17)10-12(15)11-19/h4-5,10,14,19H,6-9,11H2,1-3H3. The molecule has 3 heteroatoms. The summed E-state index contributed by atoms with van der Waals surface area (Å²) in [6.07, 6.45) is 4.97. The highest BCUT2D eigenvalue weighted by molar-refractivity contribution is 6.30. The van der Waals surface area contributed by atoms with E-state index in [0.29, 0.717) is 16.5 Å². The second-order valence-corrected chi connectivity index (χ2v) is 6.87. The molecule has 0 bridgehead atoms. The minimum absolute atomic E-state index is 0.0401. The van der Waals surface area contributed by atoms with Crippen LogP contribution >= 0.6 is 11.6 Å². The Bertz CT molecular complexity index is 434. The van der Waals surface area contributed by atoms with Crippen LogP contribution in [-0.2, 0) is 6.61 Å². The van der Waals surface area contributed by atoms with E-state index in [1.165, 1.54) is 25.7 Å². The van der Waals surface area contributed by atoms with Crippen molar-refractivity contribution < 1.29 is 5.11 Å². The van der Waals surface area contributed by atoms with Gasteiger partial charge in [0.25, 0.3) is 0 Å². The lowest BCUT2D eigenvalue weighted by atomic mass is 9.75. The van der Waals surface area contributed by atoms with E-state index in [0.717, 1.165) is 11.3 Å². The van der Waals surface area contributed by atoms with Gasteiger partial charge in [0.15, 0.2) is 0 Å². The number of hydrogen-bond donors (Lipinski definition) is 1. The van der Waals surface area contributed by atoms with Crippen LogP contribution in [0.5, 0.6) is 0 Å². The van der Waals surface area contributed by atoms with Crippen molar-refractivity contribution >= 4 is 17.3 Å². The molecule has 1 saturated carbocycles. The summed E-state index contributed by atoms with van der Waals surface area (Å²) in [7, 11) is 2.13. The van der Waals surface area contributed by atoms with Crippen molar-refractivity contribution in [3.8, 4) is 0 Å². The van der Waals surface area contributed by atoms with Gasteiger partial charge in [0.2, 0.25) is 0 Å². The van der Waals surface area contributed by atoms with Crippen LogP contribution < -0.4 is 4.90 Å². The molecule has 1 aliphatic carbocycles. The number of aliphatic hydroxyl groups is 1. The highest BCUT2D eigenvalue weighted by atomic mass is 35.5. The van der Waals surface area contributed by atoms with Crippen LogP contribution in [0.1, 0.15) is 45.1 Å². The summed E-state index contributed by atoms with van der Waals surface area (Å²) in [5.41, 5.74) is 2.51. The Morgan fingerprint density at radius 1 is 1.32 bits per heavy atom. The lowest BCUT2D eigenvalue weighted by Crippen LogP contribution is -2.37. The first-order valence-electron chi connectivity index (χ1n) is 7.05. The van der Waals surface area contributed by atoms with Crippen LogP contribution in [0.2, 0.25) is 5.02 Å². The predicted molar refractivity (Wildman–Crippen MR) is 81.8 cm³/mol. The highest BCUT2D eigenvalue weighted by Gasteiger charge is 2.29. The number of aliphatic hydroxyl groups excluding tert-OH is 1. The van der Waals surface area contributed by atoms with Gasteiger partial charge in [-0.05, 0) is 49.3 Å². The molecular weight excluding hydrogens is 258 g/mol. The summed E-state index contributed by atoms with van der Waals surface area (Å²) in [5, 5.41) is 10.2. The molecule has 0 aliphatic heterocycles. The third-order valence-corrected chi connectivity index (χ3v) is 4.68. The van der Waals surface area contributed by atoms with Gasteiger partial charge in [-0.15, -0.1) is 0 Å². The third-order valence-electron chi connectivity index (χ3n) is 4.45. The number of hydrogen-bond acceptors (Lipinski definition) is 2. The van der Waals surface area contributed by atoms with Gasteiger partial charge < -0.3 is 10.0 Å². The smallest absolute Gasteiger partial charge is 0.0702 e. The molecule has 0 saturated heterocycles. The number of benzene rings is 1. The lowest BCUT2D eigenvalue weighted by molar-refractivity contribution is 0.222. The van der Waals surface area contributed by atoms with Crippen molar-refractivity contribution in [2.24, 2.45) is 5.41 Å². The summed E-state index contributed by atoms with van der Waals surface area (Å²) in [5.74, 6) is 0. The van der Waals surface area contributed by atoms with Gasteiger partial charge in [0.05, 0.1) is 6.61 Å². The third kappa shape index (κ3) is 3.43. The SMILES string of the molecule is CN(c1ccc(Cl)cc1CO)C1CCC(C)(C)CC1. The molecule has 106 valence electrons. The van der Waals surface area contributed by atoms with Crippen LogP contribution in [-0.4, -0.2) is 18.2 Å². The molecule has 1 aliphatic rings. The zero-order valence-corrected chi connectivity index (χ0v) is 12.9. The maximum absolute atomic E-state index is 9.49. The molecule has 1 aromatic carbocycles. The fraction of sp³-hybridized carbons (Fsp3) is 0.625. The molecule has 0 aromatic heterocycles. The van der Waals surface area contributed by atoms with Crippen molar-refractivity contribution in [3.05, 3.63) is 28.8 Å². The molecule has 0 unspecified atom stereocenters. The fourth-order valence-electron chi connectivity index (χ4n) is 2.99. The molecule has 0 spiro atoms. The summed E-state index contributed by atoms with van der Waals surface area (Å²) < 4.78 is 0. The van der Waals surface area contributed by atoms with E-state index in [1.807, 2.05) is 18.2 Å². The van der Waals surface area contributed by atoms with E-state index < -0.39 is 0 Å². The van der Waals surface area contributed by atoms with Crippen LogP contribution in [0, 0.1) is 5.41 Å². The largest absolute Gasteiger partial charge is 0.392 e. The average molecular weight is 282 g/mol. The van der Waals surface area contributed by atoms with Gasteiger partial charge in [-0.2, -0.15) is 0 Å². The lowest BCUT2D eigenvalue weighted by Gasteiger charge is -2.40. The molecule has 0 radical (unpaired) electrons. The molecule has 1 aromatic rings. The van der Waals surface area contributed by atoms with Crippen LogP contribution in [0.25, 0.3) is 0 Å². The van der Waals surface area contributed by atoms with E-state index >= 15 is 0 Å². The van der Waals surface area contributed by atoms with Gasteiger partial charge in [0.1, 0.15) is 0 Å². The van der Waals surface area contributed by atoms with E-state index in [-0.39, 0.29) is 6.61 Å². The van der Waals surface area contributed by atoms with E-state index in [9.17, 15) is 5.11 Å². The van der Waals surface area contributed by atoms with Crippen LogP contribution in [0.15, 0.2) is 18.2 Å². The van der Waals surface area contributed by atoms with Gasteiger partial charge in [-0.3, -0.25) is 0 Å². The fourth-order valence-corrected chi connectivity index (χ4v) is 3.19. The Kier molecular flexibility index (Phi) is 4.42. The molecule has 0 amide bonds. The molecule has 2 nitrogen and oxygen atoms in total. The highest BCUT2D eigenvalue weighted by Crippen LogP contribution is 2.38. The van der Waals surface area contributed by atoms with Crippen molar-refractivity contribution in [3.63, 3.8) is 0 Å². The Hall–Kier alpha value is -0.730. The molecule has 1 N–H and O–H groups in total. The summed E-state index contributed by atoms with van der Waals surface area (Å²) >= 11 is 5.99. The quantitative estimate of drug-likeness (QED) is 0.896. The van der Waals surface area contributed by atoms with E-state index in [2.05, 4.69) is 25.8 Å². The molecule has 2 rings (SSSR count). The van der Waals surface area contributed by atoms with Gasteiger partial charge in [-0.25, -0.2) is 0 Å². The summed E-state index contributed by atoms with van der Waals surface area (Å²) in [4.78, 5) is 2.32. The number of nitrogens with zero attached hydrogens (tertiary/aromatic N) is 1. The van der Waals surface area contributed by atoms with E-state index in [1.54, 1.807) is 0 Å². The van der Waals surface area contributed by atoms with Gasteiger partial charge in [0, 0.05) is 29.4 Å². The summed E-state index contributed by atoms with van der Waals surface area (Å²) in [6.45, 7) is 4.74. The van der Waals surface area contributed by atoms with Crippen molar-refractivity contribution in [2.45, 2.75) is 52.2 Å². The Morgan fingerprint density at radius 2 is 1.95 bits per heavy atom. The first-order valence-corrected chi connectivity index (χ1v) is 7.43. The van der Waals surface area contributed by atoms with Crippen molar-refractivity contribution in [2.75, 3.05) is 11.9 Å². The van der Waals surface area contributed by atoms with Gasteiger partial charge >= 0.3 is 0 Å². The number of anilines is 1. The van der Waals surface area contributed by atoms with E-state index in [4.69, 9.17) is 11.6 Å². The molecule has 19 heavy (non-hydrogen) atoms.